The first-order valence-corrected chi connectivity index (χ1v) is 6.94. The van der Waals surface area contributed by atoms with Gasteiger partial charge in [0.05, 0.1) is 4.92 Å². The molecule has 0 saturated carbocycles. The van der Waals surface area contributed by atoms with E-state index in [1.165, 1.54) is 11.6 Å². The van der Waals surface area contributed by atoms with Crippen molar-refractivity contribution in [1.29, 1.82) is 0 Å². The third-order valence-electron chi connectivity index (χ3n) is 3.34. The molecule has 0 aliphatic rings. The second kappa shape index (κ2) is 5.95. The van der Waals surface area contributed by atoms with Crippen LogP contribution >= 0.6 is 0 Å². The Labute approximate surface area is 125 Å². The zero-order chi connectivity index (χ0) is 15.5. The molecule has 0 aliphatic carbocycles. The number of nitro benzene ring substituents is 1. The fourth-order valence-corrected chi connectivity index (χ4v) is 2.27. The minimum Gasteiger partial charge on any atom is -0.381 e. The summed E-state index contributed by atoms with van der Waals surface area (Å²) in [5.41, 5.74) is 3.37. The summed E-state index contributed by atoms with van der Waals surface area (Å²) in [5, 5.41) is 14.2. The number of hydrogen-bond donors (Lipinski definition) is 1. The molecule has 0 unspecified atom stereocenters. The Hall–Kier alpha value is -2.36. The van der Waals surface area contributed by atoms with Crippen molar-refractivity contribution in [3.05, 3.63) is 69.8 Å². The Kier molecular flexibility index (Phi) is 4.26. The van der Waals surface area contributed by atoms with E-state index in [1.54, 1.807) is 12.1 Å². The molecule has 0 bridgehead atoms. The van der Waals surface area contributed by atoms with Gasteiger partial charge in [0.2, 0.25) is 0 Å². The molecule has 0 heterocycles. The molecule has 0 atom stereocenters. The zero-order valence-corrected chi connectivity index (χ0v) is 12.6. The summed E-state index contributed by atoms with van der Waals surface area (Å²) < 4.78 is 0. The molecule has 1 N–H and O–H groups in total. The SMILES string of the molecule is CC(C)(C)c1ccccc1NCc1cccc([N+](=O)[O-])c1. The first-order chi connectivity index (χ1) is 9.88. The lowest BCUT2D eigenvalue weighted by Crippen LogP contribution is -2.14. The van der Waals surface area contributed by atoms with Gasteiger partial charge in [0.15, 0.2) is 0 Å². The van der Waals surface area contributed by atoms with Crippen molar-refractivity contribution in [3.63, 3.8) is 0 Å². The second-order valence-electron chi connectivity index (χ2n) is 6.08. The van der Waals surface area contributed by atoms with E-state index in [0.29, 0.717) is 6.54 Å². The highest BCUT2D eigenvalue weighted by Gasteiger charge is 2.17. The number of anilines is 1. The summed E-state index contributed by atoms with van der Waals surface area (Å²) in [7, 11) is 0. The molecule has 0 radical (unpaired) electrons. The van der Waals surface area contributed by atoms with Crippen molar-refractivity contribution in [3.8, 4) is 0 Å². The van der Waals surface area contributed by atoms with Gasteiger partial charge in [-0.1, -0.05) is 51.1 Å². The number of non-ortho nitro benzene ring substituents is 1. The number of nitrogens with zero attached hydrogens (tertiary/aromatic N) is 1. The van der Waals surface area contributed by atoms with Crippen LogP contribution in [0.5, 0.6) is 0 Å². The van der Waals surface area contributed by atoms with E-state index in [0.717, 1.165) is 11.3 Å². The number of hydrogen-bond acceptors (Lipinski definition) is 3. The van der Waals surface area contributed by atoms with Gasteiger partial charge in [-0.25, -0.2) is 0 Å². The van der Waals surface area contributed by atoms with Crippen molar-refractivity contribution >= 4 is 11.4 Å². The maximum Gasteiger partial charge on any atom is 0.269 e. The van der Waals surface area contributed by atoms with E-state index in [1.807, 2.05) is 24.3 Å². The second-order valence-corrected chi connectivity index (χ2v) is 6.08. The van der Waals surface area contributed by atoms with Crippen LogP contribution in [0.25, 0.3) is 0 Å². The van der Waals surface area contributed by atoms with Gasteiger partial charge in [0, 0.05) is 24.4 Å². The van der Waals surface area contributed by atoms with Gasteiger partial charge in [0.25, 0.3) is 5.69 Å². The van der Waals surface area contributed by atoms with Crippen LogP contribution in [0.1, 0.15) is 31.9 Å². The van der Waals surface area contributed by atoms with Gasteiger partial charge in [-0.3, -0.25) is 10.1 Å². The minimum absolute atomic E-state index is 0.0479. The average molecular weight is 284 g/mol. The first-order valence-electron chi connectivity index (χ1n) is 6.94. The van der Waals surface area contributed by atoms with E-state index >= 15 is 0 Å². The molecule has 0 spiro atoms. The minimum atomic E-state index is -0.368. The molecule has 2 aromatic carbocycles. The van der Waals surface area contributed by atoms with Gasteiger partial charge in [0.1, 0.15) is 0 Å². The van der Waals surface area contributed by atoms with E-state index in [9.17, 15) is 10.1 Å². The van der Waals surface area contributed by atoms with Crippen LogP contribution in [0.15, 0.2) is 48.5 Å². The van der Waals surface area contributed by atoms with Crippen LogP contribution in [-0.2, 0) is 12.0 Å². The molecule has 2 aromatic rings. The lowest BCUT2D eigenvalue weighted by Gasteiger charge is -2.23. The van der Waals surface area contributed by atoms with Crippen LogP contribution in [0.2, 0.25) is 0 Å². The highest BCUT2D eigenvalue weighted by atomic mass is 16.6. The Morgan fingerprint density at radius 3 is 2.48 bits per heavy atom. The number of nitro groups is 1. The Morgan fingerprint density at radius 2 is 1.81 bits per heavy atom. The van der Waals surface area contributed by atoms with Gasteiger partial charge < -0.3 is 5.32 Å². The molecule has 4 heteroatoms. The van der Waals surface area contributed by atoms with Crippen molar-refractivity contribution in [2.75, 3.05) is 5.32 Å². The summed E-state index contributed by atoms with van der Waals surface area (Å²) in [4.78, 5) is 10.4. The monoisotopic (exact) mass is 284 g/mol. The summed E-state index contributed by atoms with van der Waals surface area (Å²) >= 11 is 0. The maximum atomic E-state index is 10.8. The quantitative estimate of drug-likeness (QED) is 0.664. The third kappa shape index (κ3) is 3.81. The average Bonchev–Trinajstić information content (AvgIpc) is 2.45. The van der Waals surface area contributed by atoms with E-state index in [2.05, 4.69) is 32.2 Å². The number of para-hydroxylation sites is 1. The van der Waals surface area contributed by atoms with Crippen LogP contribution < -0.4 is 5.32 Å². The van der Waals surface area contributed by atoms with Crippen LogP contribution in [0.3, 0.4) is 0 Å². The van der Waals surface area contributed by atoms with Crippen molar-refractivity contribution in [1.82, 2.24) is 0 Å². The van der Waals surface area contributed by atoms with Gasteiger partial charge in [-0.2, -0.15) is 0 Å². The van der Waals surface area contributed by atoms with Crippen molar-refractivity contribution in [2.45, 2.75) is 32.7 Å². The predicted octanol–water partition coefficient (Wildman–Crippen LogP) is 4.50. The molecule has 0 saturated heterocycles. The van der Waals surface area contributed by atoms with Crippen molar-refractivity contribution < 1.29 is 4.92 Å². The summed E-state index contributed by atoms with van der Waals surface area (Å²) in [6, 6.07) is 14.9. The van der Waals surface area contributed by atoms with Gasteiger partial charge >= 0.3 is 0 Å². The number of rotatable bonds is 4. The molecule has 110 valence electrons. The zero-order valence-electron chi connectivity index (χ0n) is 12.6. The lowest BCUT2D eigenvalue weighted by atomic mass is 9.86. The largest absolute Gasteiger partial charge is 0.381 e. The van der Waals surface area contributed by atoms with Gasteiger partial charge in [-0.15, -0.1) is 0 Å². The molecule has 21 heavy (non-hydrogen) atoms. The maximum absolute atomic E-state index is 10.8. The molecule has 0 fully saturated rings. The Balaban J connectivity index is 2.17. The molecular formula is C17H20N2O2. The smallest absolute Gasteiger partial charge is 0.269 e. The van der Waals surface area contributed by atoms with Crippen LogP contribution in [0.4, 0.5) is 11.4 Å². The molecular weight excluding hydrogens is 264 g/mol. The van der Waals surface area contributed by atoms with Crippen molar-refractivity contribution in [2.24, 2.45) is 0 Å². The van der Waals surface area contributed by atoms with Gasteiger partial charge in [-0.05, 0) is 22.6 Å². The number of benzene rings is 2. The molecule has 0 aromatic heterocycles. The van der Waals surface area contributed by atoms with E-state index in [-0.39, 0.29) is 16.0 Å². The fourth-order valence-electron chi connectivity index (χ4n) is 2.27. The standard InChI is InChI=1S/C17H20N2O2/c1-17(2,3)15-9-4-5-10-16(15)18-12-13-7-6-8-14(11-13)19(20)21/h4-11,18H,12H2,1-3H3. The Morgan fingerprint density at radius 1 is 1.10 bits per heavy atom. The van der Waals surface area contributed by atoms with Crippen LogP contribution in [-0.4, -0.2) is 4.92 Å². The fraction of sp³-hybridized carbons (Fsp3) is 0.294. The summed E-state index contributed by atoms with van der Waals surface area (Å²) in [6.45, 7) is 7.07. The molecule has 0 amide bonds. The highest BCUT2D eigenvalue weighted by Crippen LogP contribution is 2.29. The van der Waals surface area contributed by atoms with Crippen LogP contribution in [0, 0.1) is 10.1 Å². The lowest BCUT2D eigenvalue weighted by molar-refractivity contribution is -0.384. The Bertz CT molecular complexity index is 645. The summed E-state index contributed by atoms with van der Waals surface area (Å²) in [6.07, 6.45) is 0. The van der Waals surface area contributed by atoms with E-state index in [4.69, 9.17) is 0 Å². The third-order valence-corrected chi connectivity index (χ3v) is 3.34. The predicted molar refractivity (Wildman–Crippen MR) is 85.6 cm³/mol. The molecule has 0 aliphatic heterocycles. The topological polar surface area (TPSA) is 55.2 Å². The van der Waals surface area contributed by atoms with E-state index < -0.39 is 0 Å². The molecule has 4 nitrogen and oxygen atoms in total. The molecule has 2 rings (SSSR count). The highest BCUT2D eigenvalue weighted by molar-refractivity contribution is 5.54. The normalized spacial score (nSPS) is 11.2. The number of nitrogens with one attached hydrogen (secondary N) is 1. The summed E-state index contributed by atoms with van der Waals surface area (Å²) in [5.74, 6) is 0. The first kappa shape index (κ1) is 15.0.